The van der Waals surface area contributed by atoms with Crippen LogP contribution < -0.4 is 9.47 Å². The lowest BCUT2D eigenvalue weighted by molar-refractivity contribution is -0.137. The second-order valence-electron chi connectivity index (χ2n) is 9.66. The molecule has 0 amide bonds. The highest BCUT2D eigenvalue weighted by Gasteiger charge is 2.35. The molecule has 0 unspecified atom stereocenters. The van der Waals surface area contributed by atoms with Gasteiger partial charge in [0.15, 0.2) is 5.78 Å². The predicted molar refractivity (Wildman–Crippen MR) is 142 cm³/mol. The van der Waals surface area contributed by atoms with Crippen molar-refractivity contribution in [2.24, 2.45) is 0 Å². The van der Waals surface area contributed by atoms with E-state index in [-0.39, 0.29) is 57.5 Å². The van der Waals surface area contributed by atoms with Crippen LogP contribution in [0, 0.1) is 6.92 Å². The number of hydrogen-bond acceptors (Lipinski definition) is 6. The molecule has 204 valence electrons. The molecular formula is C32H19F3O6. The van der Waals surface area contributed by atoms with Gasteiger partial charge in [0, 0.05) is 6.42 Å². The van der Waals surface area contributed by atoms with Crippen LogP contribution in [0.2, 0.25) is 0 Å². The third-order valence-corrected chi connectivity index (χ3v) is 6.82. The first kappa shape index (κ1) is 26.1. The second kappa shape index (κ2) is 9.48. The smallest absolute Gasteiger partial charge is 0.416 e. The number of rotatable bonds is 5. The summed E-state index contributed by atoms with van der Waals surface area (Å²) in [5, 5.41) is 0. The number of halogens is 3. The maximum Gasteiger partial charge on any atom is 0.416 e. The Bertz CT molecular complexity index is 1720. The van der Waals surface area contributed by atoms with Gasteiger partial charge < -0.3 is 14.2 Å². The van der Waals surface area contributed by atoms with Gasteiger partial charge in [0.1, 0.15) is 28.6 Å². The van der Waals surface area contributed by atoms with Gasteiger partial charge >= 0.3 is 18.1 Å². The Morgan fingerprint density at radius 3 is 1.93 bits per heavy atom. The Morgan fingerprint density at radius 2 is 1.29 bits per heavy atom. The second-order valence-corrected chi connectivity index (χ2v) is 9.66. The van der Waals surface area contributed by atoms with E-state index in [4.69, 9.17) is 14.2 Å². The number of ether oxygens (including phenoxy) is 3. The zero-order valence-electron chi connectivity index (χ0n) is 21.4. The van der Waals surface area contributed by atoms with E-state index >= 15 is 0 Å². The number of carbonyl (C=O) groups excluding carboxylic acids is 3. The van der Waals surface area contributed by atoms with Crippen LogP contribution in [-0.4, -0.2) is 17.7 Å². The van der Waals surface area contributed by atoms with Crippen LogP contribution in [0.25, 0.3) is 16.7 Å². The summed E-state index contributed by atoms with van der Waals surface area (Å²) in [6.45, 7) is 5.47. The van der Waals surface area contributed by atoms with Crippen LogP contribution in [0.5, 0.6) is 23.0 Å². The summed E-state index contributed by atoms with van der Waals surface area (Å²) in [5.74, 6) is -1.58. The quantitative estimate of drug-likeness (QED) is 0.182. The fourth-order valence-electron chi connectivity index (χ4n) is 5.06. The monoisotopic (exact) mass is 556 g/mol. The number of cyclic esters (lactones) is 2. The third kappa shape index (κ3) is 4.55. The molecule has 1 aliphatic carbocycles. The summed E-state index contributed by atoms with van der Waals surface area (Å²) in [7, 11) is 0. The molecule has 0 saturated carbocycles. The summed E-state index contributed by atoms with van der Waals surface area (Å²) in [4.78, 5) is 37.2. The molecule has 0 spiro atoms. The van der Waals surface area contributed by atoms with Gasteiger partial charge in [-0.15, -0.1) is 0 Å². The molecule has 0 saturated heterocycles. The Morgan fingerprint density at radius 1 is 0.732 bits per heavy atom. The molecule has 4 aromatic carbocycles. The van der Waals surface area contributed by atoms with Crippen molar-refractivity contribution >= 4 is 23.3 Å². The Hall–Kier alpha value is -5.18. The van der Waals surface area contributed by atoms with Crippen LogP contribution in [0.15, 0.2) is 79.4 Å². The number of allylic oxidation sites excluding steroid dienone is 1. The molecule has 0 atom stereocenters. The molecule has 6 rings (SSSR count). The molecule has 9 heteroatoms. The van der Waals surface area contributed by atoms with Gasteiger partial charge in [-0.2, -0.15) is 13.2 Å². The van der Waals surface area contributed by atoms with E-state index in [2.05, 4.69) is 6.58 Å². The van der Waals surface area contributed by atoms with E-state index < -0.39 is 23.7 Å². The van der Waals surface area contributed by atoms with Gasteiger partial charge in [-0.25, -0.2) is 9.59 Å². The minimum Gasteiger partial charge on any atom is -0.456 e. The van der Waals surface area contributed by atoms with Crippen molar-refractivity contribution in [3.63, 3.8) is 0 Å². The lowest BCUT2D eigenvalue weighted by Gasteiger charge is -2.19. The average molecular weight is 556 g/mol. The molecule has 4 aromatic rings. The molecule has 0 radical (unpaired) electrons. The highest BCUT2D eigenvalue weighted by atomic mass is 19.4. The van der Waals surface area contributed by atoms with E-state index in [1.807, 2.05) is 0 Å². The lowest BCUT2D eigenvalue weighted by atomic mass is 9.98. The average Bonchev–Trinajstić information content (AvgIpc) is 3.38. The molecular weight excluding hydrogens is 537 g/mol. The number of hydrogen-bond donors (Lipinski definition) is 0. The molecule has 0 aromatic heterocycles. The lowest BCUT2D eigenvalue weighted by Crippen LogP contribution is -2.06. The Labute approximate surface area is 231 Å². The van der Waals surface area contributed by atoms with Crippen molar-refractivity contribution in [1.29, 1.82) is 0 Å². The van der Waals surface area contributed by atoms with Gasteiger partial charge in [-0.05, 0) is 71.7 Å². The molecule has 0 N–H and O–H groups in total. The zero-order valence-corrected chi connectivity index (χ0v) is 21.4. The maximum absolute atomic E-state index is 13.8. The van der Waals surface area contributed by atoms with E-state index in [0.29, 0.717) is 22.3 Å². The number of alkyl halides is 3. The number of benzene rings is 4. The highest BCUT2D eigenvalue weighted by molar-refractivity contribution is 6.16. The summed E-state index contributed by atoms with van der Waals surface area (Å²) < 4.78 is 58.5. The fourth-order valence-corrected chi connectivity index (χ4v) is 5.06. The van der Waals surface area contributed by atoms with E-state index in [1.54, 1.807) is 36.4 Å². The fraction of sp³-hybridized carbons (Fsp3) is 0.0938. The van der Waals surface area contributed by atoms with Gasteiger partial charge in [-0.3, -0.25) is 4.79 Å². The molecule has 6 nitrogen and oxygen atoms in total. The van der Waals surface area contributed by atoms with Gasteiger partial charge in [-0.1, -0.05) is 36.9 Å². The van der Waals surface area contributed by atoms with Crippen molar-refractivity contribution in [2.75, 3.05) is 0 Å². The van der Waals surface area contributed by atoms with E-state index in [9.17, 15) is 27.6 Å². The van der Waals surface area contributed by atoms with E-state index in [1.165, 1.54) is 31.2 Å². The minimum atomic E-state index is -4.63. The van der Waals surface area contributed by atoms with Crippen molar-refractivity contribution < 1.29 is 41.8 Å². The molecule has 2 aliphatic rings. The third-order valence-electron chi connectivity index (χ3n) is 6.82. The summed E-state index contributed by atoms with van der Waals surface area (Å²) in [6, 6.07) is 17.5. The number of carbonyl (C=O) groups is 3. The number of fused-ring (bicyclic) bond motifs is 2. The molecule has 0 fully saturated rings. The highest BCUT2D eigenvalue weighted by Crippen LogP contribution is 2.47. The predicted octanol–water partition coefficient (Wildman–Crippen LogP) is 8.18. The Kier molecular flexibility index (Phi) is 6.03. The minimum absolute atomic E-state index is 0.00922. The summed E-state index contributed by atoms with van der Waals surface area (Å²) >= 11 is 0. The molecule has 0 bridgehead atoms. The maximum atomic E-state index is 13.8. The first-order valence-electron chi connectivity index (χ1n) is 12.4. The SMILES string of the molecule is C=C1CC(=O)c2c(Oc3cccc(Oc4cccc5c4C(=O)OC5=O)c3-c3cc(C)cc(C(F)(F)F)c3)cccc21. The Balaban J connectivity index is 1.54. The topological polar surface area (TPSA) is 78.9 Å². The molecule has 41 heavy (non-hydrogen) atoms. The number of Topliss-reactive ketones (excluding diaryl/α,β-unsaturated/α-hetero) is 1. The van der Waals surface area contributed by atoms with Gasteiger partial charge in [0.25, 0.3) is 0 Å². The van der Waals surface area contributed by atoms with Crippen molar-refractivity contribution in [1.82, 2.24) is 0 Å². The standard InChI is InChI=1S/C32H19F3O6/c1-16-12-18(15-19(13-16)32(33,34)35)27-23(39-25-8-3-6-20-17(2)14-22(36)28(20)25)10-5-11-24(27)40-26-9-4-7-21-29(26)31(38)41-30(21)37/h3-13,15H,2,14H2,1H3. The van der Waals surface area contributed by atoms with Crippen LogP contribution >= 0.6 is 0 Å². The van der Waals surface area contributed by atoms with Crippen molar-refractivity contribution in [3.05, 3.63) is 113 Å². The molecule has 1 heterocycles. The zero-order chi connectivity index (χ0) is 29.1. The van der Waals surface area contributed by atoms with Crippen molar-refractivity contribution in [2.45, 2.75) is 19.5 Å². The summed E-state index contributed by atoms with van der Waals surface area (Å²) in [6.07, 6.45) is -4.50. The van der Waals surface area contributed by atoms with Gasteiger partial charge in [0.2, 0.25) is 0 Å². The largest absolute Gasteiger partial charge is 0.456 e. The normalized spacial score (nSPS) is 14.1. The van der Waals surface area contributed by atoms with Gasteiger partial charge in [0.05, 0.1) is 22.3 Å². The first-order valence-corrected chi connectivity index (χ1v) is 12.4. The van der Waals surface area contributed by atoms with Crippen molar-refractivity contribution in [3.8, 4) is 34.1 Å². The number of ketones is 1. The van der Waals surface area contributed by atoms with Crippen LogP contribution in [0.3, 0.4) is 0 Å². The van der Waals surface area contributed by atoms with Crippen LogP contribution in [0.4, 0.5) is 13.2 Å². The first-order chi connectivity index (χ1) is 19.5. The van der Waals surface area contributed by atoms with Crippen LogP contribution in [0.1, 0.15) is 54.2 Å². The molecule has 1 aliphatic heterocycles. The number of esters is 2. The van der Waals surface area contributed by atoms with Crippen LogP contribution in [-0.2, 0) is 10.9 Å². The summed E-state index contributed by atoms with van der Waals surface area (Å²) in [5.41, 5.74) is 1.23. The van der Waals surface area contributed by atoms with E-state index in [0.717, 1.165) is 12.1 Å². The number of aryl methyl sites for hydroxylation is 1.